The number of thioether (sulfide) groups is 1. The van der Waals surface area contributed by atoms with Crippen molar-refractivity contribution in [1.29, 1.82) is 0 Å². The molecule has 1 aromatic carbocycles. The highest BCUT2D eigenvalue weighted by atomic mass is 32.2. The van der Waals surface area contributed by atoms with Crippen LogP contribution in [0.3, 0.4) is 0 Å². The molecule has 1 heterocycles. The molecule has 0 amide bonds. The summed E-state index contributed by atoms with van der Waals surface area (Å²) in [4.78, 5) is 0.822. The lowest BCUT2D eigenvalue weighted by Crippen LogP contribution is -2.15. The number of benzene rings is 1. The van der Waals surface area contributed by atoms with Crippen LogP contribution in [0.25, 0.3) is 0 Å². The van der Waals surface area contributed by atoms with Crippen molar-refractivity contribution in [1.82, 2.24) is 0 Å². The molecule has 1 atom stereocenters. The van der Waals surface area contributed by atoms with Crippen LogP contribution >= 0.6 is 11.8 Å². The summed E-state index contributed by atoms with van der Waals surface area (Å²) in [5.41, 5.74) is 0.921. The summed E-state index contributed by atoms with van der Waals surface area (Å²) in [6.07, 6.45) is -0.446. The van der Waals surface area contributed by atoms with Gasteiger partial charge in [0.05, 0.1) is 0 Å². The van der Waals surface area contributed by atoms with E-state index in [4.69, 9.17) is 9.94 Å². The lowest BCUT2D eigenvalue weighted by molar-refractivity contribution is -0.725. The van der Waals surface area contributed by atoms with Gasteiger partial charge in [0.1, 0.15) is 0 Å². The molecule has 2 rings (SSSR count). The van der Waals surface area contributed by atoms with E-state index in [0.29, 0.717) is 0 Å². The summed E-state index contributed by atoms with van der Waals surface area (Å²) in [5.74, 6) is 0. The molecule has 0 aliphatic carbocycles. The molecule has 1 N–H and O–H groups in total. The van der Waals surface area contributed by atoms with Crippen molar-refractivity contribution in [2.45, 2.75) is 11.0 Å². The van der Waals surface area contributed by atoms with Crippen LogP contribution in [-0.4, -0.2) is 22.3 Å². The largest absolute Gasteiger partial charge is 0.417 e. The van der Waals surface area contributed by atoms with Gasteiger partial charge >= 0.3 is 5.04 Å². The summed E-state index contributed by atoms with van der Waals surface area (Å²) in [5, 5.41) is 19.9. The zero-order valence-electron chi connectivity index (χ0n) is 7.51. The van der Waals surface area contributed by atoms with Crippen LogP contribution in [-0.2, 0) is 4.74 Å². The van der Waals surface area contributed by atoms with Crippen LogP contribution in [0, 0.1) is 5.21 Å². The van der Waals surface area contributed by atoms with E-state index in [1.165, 1.54) is 18.9 Å². The van der Waals surface area contributed by atoms with E-state index in [-0.39, 0.29) is 9.95 Å². The molecule has 1 unspecified atom stereocenters. The summed E-state index contributed by atoms with van der Waals surface area (Å²) >= 11 is 1.23. The number of hydrogen-bond acceptors (Lipinski definition) is 4. The Kier molecular flexibility index (Phi) is 2.35. The van der Waals surface area contributed by atoms with Gasteiger partial charge in [0.2, 0.25) is 0 Å². The van der Waals surface area contributed by atoms with E-state index in [9.17, 15) is 5.21 Å². The molecule has 74 valence electrons. The summed E-state index contributed by atoms with van der Waals surface area (Å²) in [6, 6.07) is 7.53. The molecular formula is C9H9NO3S. The number of hydrogen-bond donors (Lipinski definition) is 1. The fourth-order valence-corrected chi connectivity index (χ4v) is 2.53. The van der Waals surface area contributed by atoms with E-state index in [1.807, 2.05) is 24.3 Å². The predicted molar refractivity (Wildman–Crippen MR) is 52.5 cm³/mol. The van der Waals surface area contributed by atoms with Crippen molar-refractivity contribution in [2.75, 3.05) is 7.11 Å². The van der Waals surface area contributed by atoms with Crippen LogP contribution in [0.5, 0.6) is 0 Å². The summed E-state index contributed by atoms with van der Waals surface area (Å²) < 4.78 is 5.15. The van der Waals surface area contributed by atoms with Crippen LogP contribution < -0.4 is 0 Å². The Morgan fingerprint density at radius 3 is 2.86 bits per heavy atom. The van der Waals surface area contributed by atoms with E-state index >= 15 is 0 Å². The molecule has 1 aliphatic rings. The number of rotatable bonds is 1. The van der Waals surface area contributed by atoms with Gasteiger partial charge in [0.15, 0.2) is 6.10 Å². The molecule has 4 nitrogen and oxygen atoms in total. The smallest absolute Gasteiger partial charge is 0.316 e. The van der Waals surface area contributed by atoms with Crippen molar-refractivity contribution in [3.63, 3.8) is 0 Å². The molecule has 1 aromatic rings. The van der Waals surface area contributed by atoms with E-state index in [1.54, 1.807) is 0 Å². The summed E-state index contributed by atoms with van der Waals surface area (Å²) in [7, 11) is 1.51. The fraction of sp³-hybridized carbons (Fsp3) is 0.222. The van der Waals surface area contributed by atoms with Crippen LogP contribution in [0.15, 0.2) is 29.2 Å². The van der Waals surface area contributed by atoms with Gasteiger partial charge in [0.25, 0.3) is 0 Å². The summed E-state index contributed by atoms with van der Waals surface area (Å²) in [6.45, 7) is 0. The molecule has 0 saturated heterocycles. The third-order valence-corrected chi connectivity index (χ3v) is 3.24. The Hall–Kier alpha value is -1.20. The average Bonchev–Trinajstić information content (AvgIpc) is 2.56. The third kappa shape index (κ3) is 1.34. The normalized spacial score (nSPS) is 23.4. The Morgan fingerprint density at radius 1 is 1.50 bits per heavy atom. The molecule has 5 heteroatoms. The first-order valence-corrected chi connectivity index (χ1v) is 4.88. The quantitative estimate of drug-likeness (QED) is 0.437. The third-order valence-electron chi connectivity index (χ3n) is 2.06. The second-order valence-corrected chi connectivity index (χ2v) is 3.93. The van der Waals surface area contributed by atoms with E-state index in [0.717, 1.165) is 10.5 Å². The van der Waals surface area contributed by atoms with Crippen molar-refractivity contribution >= 4 is 16.8 Å². The minimum absolute atomic E-state index is 0.126. The first-order chi connectivity index (χ1) is 6.74. The van der Waals surface area contributed by atoms with Crippen LogP contribution in [0.2, 0.25) is 0 Å². The van der Waals surface area contributed by atoms with Gasteiger partial charge in [0, 0.05) is 22.5 Å². The molecule has 1 aliphatic heterocycles. The van der Waals surface area contributed by atoms with Crippen molar-refractivity contribution in [3.05, 3.63) is 35.0 Å². The van der Waals surface area contributed by atoms with Gasteiger partial charge in [-0.2, -0.15) is 0 Å². The predicted octanol–water partition coefficient (Wildman–Crippen LogP) is 1.78. The van der Waals surface area contributed by atoms with Crippen molar-refractivity contribution < 1.29 is 14.8 Å². The molecule has 0 spiro atoms. The Morgan fingerprint density at radius 2 is 2.21 bits per heavy atom. The molecule has 14 heavy (non-hydrogen) atoms. The zero-order valence-corrected chi connectivity index (χ0v) is 8.32. The SMILES string of the molecule is COC1/C(=[N+](\[O-])O)Sc2ccccc21. The highest BCUT2D eigenvalue weighted by Gasteiger charge is 2.36. The molecular weight excluding hydrogens is 202 g/mol. The van der Waals surface area contributed by atoms with Crippen LogP contribution in [0.1, 0.15) is 11.7 Å². The number of ether oxygens (including phenoxy) is 1. The van der Waals surface area contributed by atoms with Crippen molar-refractivity contribution in [2.24, 2.45) is 0 Å². The van der Waals surface area contributed by atoms with Crippen LogP contribution in [0.4, 0.5) is 0 Å². The highest BCUT2D eigenvalue weighted by Crippen LogP contribution is 2.41. The first kappa shape index (κ1) is 9.36. The Bertz CT molecular complexity index is 387. The minimum Gasteiger partial charge on any atom is -0.417 e. The topological polar surface area (TPSA) is 55.5 Å². The zero-order chi connectivity index (χ0) is 10.1. The maximum atomic E-state index is 10.8. The van der Waals surface area contributed by atoms with Gasteiger partial charge in [-0.1, -0.05) is 18.2 Å². The van der Waals surface area contributed by atoms with E-state index in [2.05, 4.69) is 0 Å². The highest BCUT2D eigenvalue weighted by molar-refractivity contribution is 8.14. The molecule has 0 saturated carbocycles. The Balaban J connectivity index is 2.49. The first-order valence-electron chi connectivity index (χ1n) is 4.06. The van der Waals surface area contributed by atoms with Gasteiger partial charge < -0.3 is 9.94 Å². The van der Waals surface area contributed by atoms with Gasteiger partial charge in [-0.25, -0.2) is 0 Å². The molecule has 0 bridgehead atoms. The average molecular weight is 211 g/mol. The minimum atomic E-state index is -0.446. The van der Waals surface area contributed by atoms with Gasteiger partial charge in [-0.3, -0.25) is 5.21 Å². The number of fused-ring (bicyclic) bond motifs is 1. The fourth-order valence-electron chi connectivity index (χ4n) is 1.46. The van der Waals surface area contributed by atoms with Gasteiger partial charge in [-0.05, 0) is 17.8 Å². The lowest BCUT2D eigenvalue weighted by Gasteiger charge is -2.05. The Labute approximate surface area is 85.4 Å². The second kappa shape index (κ2) is 3.51. The molecule has 0 radical (unpaired) electrons. The van der Waals surface area contributed by atoms with E-state index < -0.39 is 6.10 Å². The lowest BCUT2D eigenvalue weighted by atomic mass is 10.1. The van der Waals surface area contributed by atoms with Crippen molar-refractivity contribution in [3.8, 4) is 0 Å². The maximum Gasteiger partial charge on any atom is 0.316 e. The maximum absolute atomic E-state index is 10.8. The standard InChI is InChI=1S/C9H9NO3S/c1-13-8-6-4-2-3-5-7(6)14-9(8)10(11)12/h2-5,8H,1H3,(H,11,12). The van der Waals surface area contributed by atoms with Gasteiger partial charge in [-0.15, -0.1) is 0 Å². The molecule has 0 fully saturated rings. The second-order valence-electron chi connectivity index (χ2n) is 2.87. The number of methoxy groups -OCH3 is 1. The number of nitrogens with zero attached hydrogens (tertiary/aromatic N) is 1. The monoisotopic (exact) mass is 211 g/mol. The molecule has 0 aromatic heterocycles.